The summed E-state index contributed by atoms with van der Waals surface area (Å²) < 4.78 is 23.7. The molecule has 2 aliphatic heterocycles. The average Bonchev–Trinajstić information content (AvgIpc) is 3.07. The molecule has 1 saturated carbocycles. The zero-order valence-corrected chi connectivity index (χ0v) is 27.2. The molecule has 44 heavy (non-hydrogen) atoms. The number of allylic oxidation sites excluding steroid dienone is 4. The van der Waals surface area contributed by atoms with Crippen molar-refractivity contribution >= 4 is 16.9 Å². The smallest absolute Gasteiger partial charge is 0.162 e. The fourth-order valence-corrected chi connectivity index (χ4v) is 5.52. The standard InChI is InChI=1S/C30H32N2O3.C6H11F.C2H6.H2/c1-4-29(33)23-7-5-22(6-8-23)20(2)17-28-21(3)27(11-14-32-28)24-9-10-30(25(18-24)19-31)35-26-12-15-34-16-13-26;7-6-4-2-1-3-5-6;1-2;/h5-11,17-18,26,32H,4,12-16H2,1-3H3;6H,1-5H2;1-2H3;1H/b20-17+;;;. The lowest BCUT2D eigenvalue weighted by Gasteiger charge is -2.24. The first kappa shape index (κ1) is 34.8. The number of nitriles is 1. The molecule has 2 fully saturated rings. The molecule has 5 rings (SSSR count). The second kappa shape index (κ2) is 18.2. The molecule has 6 heteroatoms. The highest BCUT2D eigenvalue weighted by atomic mass is 19.1. The van der Waals surface area contributed by atoms with Crippen molar-refractivity contribution in [1.82, 2.24) is 5.32 Å². The summed E-state index contributed by atoms with van der Waals surface area (Å²) in [6.45, 7) is 12.2. The number of nitrogens with zero attached hydrogens (tertiary/aromatic N) is 1. The van der Waals surface area contributed by atoms with Crippen LogP contribution in [-0.4, -0.2) is 37.8 Å². The van der Waals surface area contributed by atoms with Gasteiger partial charge < -0.3 is 14.8 Å². The Morgan fingerprint density at radius 2 is 1.73 bits per heavy atom. The van der Waals surface area contributed by atoms with Crippen molar-refractivity contribution in [1.29, 1.82) is 5.26 Å². The van der Waals surface area contributed by atoms with E-state index in [-0.39, 0.29) is 13.3 Å². The number of hydrogen-bond donors (Lipinski definition) is 1. The summed E-state index contributed by atoms with van der Waals surface area (Å²) in [5.41, 5.74) is 7.78. The Morgan fingerprint density at radius 1 is 1.07 bits per heavy atom. The van der Waals surface area contributed by atoms with E-state index in [9.17, 15) is 14.4 Å². The van der Waals surface area contributed by atoms with Crippen molar-refractivity contribution < 1.29 is 20.1 Å². The quantitative estimate of drug-likeness (QED) is 0.320. The van der Waals surface area contributed by atoms with Crippen molar-refractivity contribution in [3.05, 3.63) is 88.1 Å². The van der Waals surface area contributed by atoms with Crippen molar-refractivity contribution in [2.45, 2.75) is 98.3 Å². The van der Waals surface area contributed by atoms with Crippen LogP contribution in [0.15, 0.2) is 65.9 Å². The van der Waals surface area contributed by atoms with Crippen LogP contribution in [0, 0.1) is 11.3 Å². The van der Waals surface area contributed by atoms with Crippen LogP contribution in [0.3, 0.4) is 0 Å². The molecule has 2 aromatic carbocycles. The molecule has 0 bridgehead atoms. The molecule has 3 aliphatic rings. The Bertz CT molecular complexity index is 1360. The van der Waals surface area contributed by atoms with Crippen LogP contribution < -0.4 is 10.1 Å². The van der Waals surface area contributed by atoms with E-state index >= 15 is 0 Å². The largest absolute Gasteiger partial charge is 0.489 e. The minimum Gasteiger partial charge on any atom is -0.489 e. The molecule has 5 nitrogen and oxygen atoms in total. The molecular weight excluding hydrogens is 551 g/mol. The number of dihydropyridines is 1. The lowest BCUT2D eigenvalue weighted by Crippen LogP contribution is -2.26. The maximum atomic E-state index is 12.2. The fraction of sp³-hybridized carbons (Fsp3) is 0.474. The number of hydrogen-bond acceptors (Lipinski definition) is 5. The summed E-state index contributed by atoms with van der Waals surface area (Å²) in [6, 6.07) is 16.0. The number of carbonyl (C=O) groups excluding carboxylic acids is 1. The molecule has 1 aliphatic carbocycles. The molecule has 0 radical (unpaired) electrons. The van der Waals surface area contributed by atoms with Gasteiger partial charge in [-0.15, -0.1) is 0 Å². The molecule has 1 N–H and O–H groups in total. The minimum absolute atomic E-state index is 0. The summed E-state index contributed by atoms with van der Waals surface area (Å²) >= 11 is 0. The summed E-state index contributed by atoms with van der Waals surface area (Å²) in [5.74, 6) is 0.793. The van der Waals surface area contributed by atoms with E-state index in [1.807, 2.05) is 63.2 Å². The first-order valence-electron chi connectivity index (χ1n) is 16.3. The monoisotopic (exact) mass is 602 g/mol. The van der Waals surface area contributed by atoms with Gasteiger partial charge in [-0.05, 0) is 72.7 Å². The van der Waals surface area contributed by atoms with Gasteiger partial charge in [-0.3, -0.25) is 4.79 Å². The Hall–Kier alpha value is -3.69. The summed E-state index contributed by atoms with van der Waals surface area (Å²) in [5, 5.41) is 13.2. The van der Waals surface area contributed by atoms with E-state index in [1.165, 1.54) is 6.42 Å². The summed E-state index contributed by atoms with van der Waals surface area (Å²) in [4.78, 5) is 11.9. The van der Waals surface area contributed by atoms with Crippen molar-refractivity contribution in [2.24, 2.45) is 0 Å². The first-order chi connectivity index (χ1) is 21.4. The van der Waals surface area contributed by atoms with E-state index in [1.54, 1.807) is 0 Å². The van der Waals surface area contributed by atoms with Gasteiger partial charge >= 0.3 is 0 Å². The van der Waals surface area contributed by atoms with Gasteiger partial charge in [0.2, 0.25) is 0 Å². The number of benzene rings is 2. The topological polar surface area (TPSA) is 71.3 Å². The van der Waals surface area contributed by atoms with E-state index in [4.69, 9.17) is 9.47 Å². The normalized spacial score (nSPS) is 17.6. The maximum absolute atomic E-state index is 12.2. The third-order valence-corrected chi connectivity index (χ3v) is 8.16. The van der Waals surface area contributed by atoms with Crippen LogP contribution >= 0.6 is 0 Å². The van der Waals surface area contributed by atoms with E-state index in [0.717, 1.165) is 77.6 Å². The molecule has 0 aromatic heterocycles. The Morgan fingerprint density at radius 3 is 2.32 bits per heavy atom. The highest BCUT2D eigenvalue weighted by Crippen LogP contribution is 2.32. The van der Waals surface area contributed by atoms with E-state index < -0.39 is 6.17 Å². The van der Waals surface area contributed by atoms with Crippen LogP contribution in [-0.2, 0) is 4.74 Å². The van der Waals surface area contributed by atoms with E-state index in [0.29, 0.717) is 37.5 Å². The SMILES string of the molecule is CC.CCC(=O)c1ccc(/C(C)=C/C2=C(C)C(c3ccc(OC4CCOCC4)c(C#N)c3)=CCN2)cc1.FC1CCCCC1.[HH]. The molecule has 2 heterocycles. The van der Waals surface area contributed by atoms with Crippen LogP contribution in [0.1, 0.15) is 114 Å². The van der Waals surface area contributed by atoms with Crippen LogP contribution in [0.4, 0.5) is 4.39 Å². The molecule has 1 saturated heterocycles. The third-order valence-electron chi connectivity index (χ3n) is 8.16. The van der Waals surface area contributed by atoms with Crippen molar-refractivity contribution in [2.75, 3.05) is 19.8 Å². The number of ketones is 1. The van der Waals surface area contributed by atoms with Gasteiger partial charge in [-0.1, -0.05) is 76.4 Å². The Labute approximate surface area is 265 Å². The Kier molecular flexibility index (Phi) is 14.4. The van der Waals surface area contributed by atoms with Crippen molar-refractivity contribution in [3.8, 4) is 11.8 Å². The van der Waals surface area contributed by atoms with Crippen LogP contribution in [0.2, 0.25) is 0 Å². The molecule has 0 atom stereocenters. The zero-order chi connectivity index (χ0) is 31.9. The van der Waals surface area contributed by atoms with Gasteiger partial charge in [0, 0.05) is 38.5 Å². The fourth-order valence-electron chi connectivity index (χ4n) is 5.52. The van der Waals surface area contributed by atoms with Gasteiger partial charge in [0.25, 0.3) is 0 Å². The maximum Gasteiger partial charge on any atom is 0.162 e. The van der Waals surface area contributed by atoms with Gasteiger partial charge in [0.05, 0.1) is 18.8 Å². The number of halogens is 1. The number of alkyl halides is 1. The first-order valence-corrected chi connectivity index (χ1v) is 16.3. The number of rotatable bonds is 7. The van der Waals surface area contributed by atoms with Gasteiger partial charge in [0.15, 0.2) is 5.78 Å². The number of Topliss-reactive ketones (excluding diaryl/α,β-unsaturated/α-hetero) is 1. The number of ether oxygens (including phenoxy) is 2. The molecule has 0 amide bonds. The highest BCUT2D eigenvalue weighted by Gasteiger charge is 2.19. The highest BCUT2D eigenvalue weighted by molar-refractivity contribution is 5.96. The summed E-state index contributed by atoms with van der Waals surface area (Å²) in [7, 11) is 0. The lowest BCUT2D eigenvalue weighted by atomic mass is 9.92. The second-order valence-electron chi connectivity index (χ2n) is 11.2. The third kappa shape index (κ3) is 9.92. The molecule has 2 aromatic rings. The number of carbonyl (C=O) groups is 1. The predicted molar refractivity (Wildman–Crippen MR) is 180 cm³/mol. The van der Waals surface area contributed by atoms with Gasteiger partial charge in [-0.25, -0.2) is 4.39 Å². The molecule has 0 unspecified atom stereocenters. The lowest BCUT2D eigenvalue weighted by molar-refractivity contribution is 0.0254. The summed E-state index contributed by atoms with van der Waals surface area (Å²) in [6.07, 6.45) is 11.2. The Balaban J connectivity index is 0.000000614. The van der Waals surface area contributed by atoms with Gasteiger partial charge in [-0.2, -0.15) is 5.26 Å². The van der Waals surface area contributed by atoms with E-state index in [2.05, 4.69) is 37.4 Å². The molecule has 238 valence electrons. The number of nitrogens with one attached hydrogen (secondary N) is 1. The molecular formula is C38H51FN2O3. The minimum atomic E-state index is -0.464. The van der Waals surface area contributed by atoms with Crippen LogP contribution in [0.5, 0.6) is 5.75 Å². The zero-order valence-electron chi connectivity index (χ0n) is 27.2. The van der Waals surface area contributed by atoms with Gasteiger partial charge in [0.1, 0.15) is 24.1 Å². The van der Waals surface area contributed by atoms with Crippen LogP contribution in [0.25, 0.3) is 11.1 Å². The van der Waals surface area contributed by atoms with Crippen molar-refractivity contribution in [3.63, 3.8) is 0 Å². The molecule has 0 spiro atoms. The predicted octanol–water partition coefficient (Wildman–Crippen LogP) is 9.63. The second-order valence-corrected chi connectivity index (χ2v) is 11.2. The average molecular weight is 603 g/mol.